The minimum absolute atomic E-state index is 0.176. The lowest BCUT2D eigenvalue weighted by atomic mass is 10.2. The Balaban J connectivity index is 2.05. The third kappa shape index (κ3) is 3.23. The number of hydrogen-bond donors (Lipinski definition) is 2. The molecule has 86 valence electrons. The predicted molar refractivity (Wildman–Crippen MR) is 66.6 cm³/mol. The molecule has 2 rings (SSSR count). The maximum Gasteiger partial charge on any atom is 0.248 e. The minimum Gasteiger partial charge on any atom is -0.368 e. The van der Waals surface area contributed by atoms with Crippen molar-refractivity contribution in [3.63, 3.8) is 0 Å². The molecule has 6 nitrogen and oxygen atoms in total. The fraction of sp³-hybridized carbons (Fsp3) is 0.0909. The molecule has 1 heterocycles. The lowest BCUT2D eigenvalue weighted by Gasteiger charge is -2.00. The van der Waals surface area contributed by atoms with Gasteiger partial charge in [0, 0.05) is 0 Å². The Morgan fingerprint density at radius 2 is 1.94 bits per heavy atom. The molecule has 0 fully saturated rings. The molecule has 2 aromatic rings. The summed E-state index contributed by atoms with van der Waals surface area (Å²) in [6, 6.07) is 9.70. The minimum atomic E-state index is 0.176. The Morgan fingerprint density at radius 3 is 2.65 bits per heavy atom. The molecule has 17 heavy (non-hydrogen) atoms. The molecule has 1 aromatic carbocycles. The first-order valence-corrected chi connectivity index (χ1v) is 5.06. The van der Waals surface area contributed by atoms with Crippen LogP contribution in [0, 0.1) is 6.92 Å². The number of nitrogens with two attached hydrogens (primary N) is 1. The molecule has 0 spiro atoms. The second-order valence-corrected chi connectivity index (χ2v) is 3.35. The number of hydrazone groups is 1. The first-order chi connectivity index (χ1) is 8.24. The lowest BCUT2D eigenvalue weighted by Crippen LogP contribution is -2.04. The second kappa shape index (κ2) is 5.02. The highest BCUT2D eigenvalue weighted by Gasteiger charge is 1.98. The summed E-state index contributed by atoms with van der Waals surface area (Å²) >= 11 is 0. The van der Waals surface area contributed by atoms with Gasteiger partial charge in [-0.2, -0.15) is 20.1 Å². The Bertz CT molecular complexity index is 502. The molecule has 0 saturated carbocycles. The highest BCUT2D eigenvalue weighted by Crippen LogP contribution is 2.01. The van der Waals surface area contributed by atoms with Gasteiger partial charge in [-0.25, -0.2) is 5.43 Å². The highest BCUT2D eigenvalue weighted by atomic mass is 15.4. The van der Waals surface area contributed by atoms with Crippen molar-refractivity contribution in [2.24, 2.45) is 5.10 Å². The van der Waals surface area contributed by atoms with E-state index in [1.54, 1.807) is 13.1 Å². The largest absolute Gasteiger partial charge is 0.368 e. The van der Waals surface area contributed by atoms with Crippen LogP contribution in [-0.2, 0) is 0 Å². The predicted octanol–water partition coefficient (Wildman–Crippen LogP) is 1.21. The summed E-state index contributed by atoms with van der Waals surface area (Å²) in [5, 5.41) is 4.01. The third-order valence-electron chi connectivity index (χ3n) is 1.94. The molecule has 6 heteroatoms. The van der Waals surface area contributed by atoms with Crippen LogP contribution in [0.5, 0.6) is 0 Å². The standard InChI is InChI=1S/C11H12N6/c1-8-14-10(12)16-11(15-8)17-13-7-9-5-3-2-4-6-9/h2-7H,1H3,(H3,12,14,15,16,17). The molecule has 0 aliphatic rings. The summed E-state index contributed by atoms with van der Waals surface area (Å²) in [7, 11) is 0. The topological polar surface area (TPSA) is 89.1 Å². The quantitative estimate of drug-likeness (QED) is 0.608. The molecule has 0 unspecified atom stereocenters. The summed E-state index contributed by atoms with van der Waals surface area (Å²) in [5.41, 5.74) is 9.18. The Morgan fingerprint density at radius 1 is 1.18 bits per heavy atom. The molecule has 0 atom stereocenters. The van der Waals surface area contributed by atoms with E-state index < -0.39 is 0 Å². The van der Waals surface area contributed by atoms with Crippen molar-refractivity contribution in [3.8, 4) is 0 Å². The van der Waals surface area contributed by atoms with Gasteiger partial charge in [0.2, 0.25) is 11.9 Å². The summed E-state index contributed by atoms with van der Waals surface area (Å²) in [5.74, 6) is 1.06. The molecular formula is C11H12N6. The van der Waals surface area contributed by atoms with Gasteiger partial charge >= 0.3 is 0 Å². The van der Waals surface area contributed by atoms with Crippen LogP contribution in [-0.4, -0.2) is 21.2 Å². The first-order valence-electron chi connectivity index (χ1n) is 5.06. The summed E-state index contributed by atoms with van der Waals surface area (Å²) < 4.78 is 0. The average Bonchev–Trinajstić information content (AvgIpc) is 2.29. The maximum atomic E-state index is 5.49. The Labute approximate surface area is 98.6 Å². The van der Waals surface area contributed by atoms with E-state index in [0.29, 0.717) is 11.8 Å². The van der Waals surface area contributed by atoms with Crippen LogP contribution in [0.4, 0.5) is 11.9 Å². The number of benzene rings is 1. The van der Waals surface area contributed by atoms with E-state index in [4.69, 9.17) is 5.73 Å². The van der Waals surface area contributed by atoms with E-state index in [0.717, 1.165) is 5.56 Å². The second-order valence-electron chi connectivity index (χ2n) is 3.35. The van der Waals surface area contributed by atoms with Crippen molar-refractivity contribution in [3.05, 3.63) is 41.7 Å². The van der Waals surface area contributed by atoms with Crippen molar-refractivity contribution >= 4 is 18.1 Å². The van der Waals surface area contributed by atoms with E-state index in [1.807, 2.05) is 30.3 Å². The van der Waals surface area contributed by atoms with Crippen LogP contribution >= 0.6 is 0 Å². The number of aromatic nitrogens is 3. The van der Waals surface area contributed by atoms with Gasteiger partial charge in [-0.1, -0.05) is 30.3 Å². The number of aryl methyl sites for hydroxylation is 1. The van der Waals surface area contributed by atoms with Gasteiger partial charge in [0.15, 0.2) is 0 Å². The zero-order valence-corrected chi connectivity index (χ0v) is 9.33. The molecule has 0 aliphatic heterocycles. The van der Waals surface area contributed by atoms with Crippen molar-refractivity contribution in [1.29, 1.82) is 0 Å². The molecule has 1 aromatic heterocycles. The smallest absolute Gasteiger partial charge is 0.248 e. The number of nitrogen functional groups attached to an aromatic ring is 1. The lowest BCUT2D eigenvalue weighted by molar-refractivity contribution is 0.981. The number of nitrogens with one attached hydrogen (secondary N) is 1. The highest BCUT2D eigenvalue weighted by molar-refractivity contribution is 5.79. The van der Waals surface area contributed by atoms with Gasteiger partial charge in [-0.3, -0.25) is 0 Å². The third-order valence-corrected chi connectivity index (χ3v) is 1.94. The van der Waals surface area contributed by atoms with Crippen LogP contribution in [0.15, 0.2) is 35.4 Å². The fourth-order valence-corrected chi connectivity index (χ4v) is 1.26. The Kier molecular flexibility index (Phi) is 3.25. The Hall–Kier alpha value is -2.50. The average molecular weight is 228 g/mol. The van der Waals surface area contributed by atoms with Gasteiger partial charge in [-0.15, -0.1) is 0 Å². The molecular weight excluding hydrogens is 216 g/mol. The molecule has 3 N–H and O–H groups in total. The molecule has 0 bridgehead atoms. The summed E-state index contributed by atoms with van der Waals surface area (Å²) in [4.78, 5) is 11.8. The van der Waals surface area contributed by atoms with Crippen molar-refractivity contribution in [2.75, 3.05) is 11.2 Å². The van der Waals surface area contributed by atoms with Crippen molar-refractivity contribution < 1.29 is 0 Å². The number of anilines is 2. The van der Waals surface area contributed by atoms with Gasteiger partial charge in [0.25, 0.3) is 0 Å². The number of rotatable bonds is 3. The van der Waals surface area contributed by atoms with Gasteiger partial charge in [0.05, 0.1) is 6.21 Å². The van der Waals surface area contributed by atoms with Crippen LogP contribution < -0.4 is 11.2 Å². The van der Waals surface area contributed by atoms with E-state index in [9.17, 15) is 0 Å². The van der Waals surface area contributed by atoms with Gasteiger partial charge in [0.1, 0.15) is 5.82 Å². The molecule has 0 amide bonds. The normalized spacial score (nSPS) is 10.6. The number of nitrogens with zero attached hydrogens (tertiary/aromatic N) is 4. The maximum absolute atomic E-state index is 5.49. The molecule has 0 radical (unpaired) electrons. The summed E-state index contributed by atoms with van der Waals surface area (Å²) in [6.45, 7) is 1.74. The van der Waals surface area contributed by atoms with E-state index in [1.165, 1.54) is 0 Å². The van der Waals surface area contributed by atoms with E-state index in [-0.39, 0.29) is 5.95 Å². The molecule has 0 aliphatic carbocycles. The SMILES string of the molecule is Cc1nc(N)nc(NN=Cc2ccccc2)n1. The zero-order chi connectivity index (χ0) is 12.1. The fourth-order valence-electron chi connectivity index (χ4n) is 1.26. The van der Waals surface area contributed by atoms with Crippen LogP contribution in [0.2, 0.25) is 0 Å². The zero-order valence-electron chi connectivity index (χ0n) is 9.33. The van der Waals surface area contributed by atoms with E-state index >= 15 is 0 Å². The molecule has 0 saturated heterocycles. The summed E-state index contributed by atoms with van der Waals surface area (Å²) in [6.07, 6.45) is 1.68. The monoisotopic (exact) mass is 228 g/mol. The van der Waals surface area contributed by atoms with Gasteiger partial charge < -0.3 is 5.73 Å². The van der Waals surface area contributed by atoms with Gasteiger partial charge in [-0.05, 0) is 12.5 Å². The van der Waals surface area contributed by atoms with Crippen molar-refractivity contribution in [2.45, 2.75) is 6.92 Å². The van der Waals surface area contributed by atoms with Crippen LogP contribution in [0.25, 0.3) is 0 Å². The van der Waals surface area contributed by atoms with Crippen LogP contribution in [0.1, 0.15) is 11.4 Å². The van der Waals surface area contributed by atoms with Crippen LogP contribution in [0.3, 0.4) is 0 Å². The van der Waals surface area contributed by atoms with Crippen molar-refractivity contribution in [1.82, 2.24) is 15.0 Å². The first kappa shape index (κ1) is 11.0. The van der Waals surface area contributed by atoms with E-state index in [2.05, 4.69) is 25.5 Å². The number of hydrogen-bond acceptors (Lipinski definition) is 6.